The summed E-state index contributed by atoms with van der Waals surface area (Å²) in [6.45, 7) is 2.18. The Morgan fingerprint density at radius 1 is 1.30 bits per heavy atom. The van der Waals surface area contributed by atoms with Crippen LogP contribution in [0.15, 0.2) is 18.2 Å². The molecule has 5 nitrogen and oxygen atoms in total. The molecule has 4 rings (SSSR count). The molecule has 1 aliphatic carbocycles. The number of amides is 2. The molecule has 1 aromatic carbocycles. The number of carbonyl (C=O) groups excluding carboxylic acids is 2. The number of nitrogens with one attached hydrogen (secondary N) is 1. The van der Waals surface area contributed by atoms with Crippen LogP contribution in [0.2, 0.25) is 0 Å². The monoisotopic (exact) mass is 314 g/mol. The Bertz CT molecular complexity index is 662. The van der Waals surface area contributed by atoms with E-state index in [0.717, 1.165) is 43.4 Å². The van der Waals surface area contributed by atoms with Crippen molar-refractivity contribution in [1.82, 2.24) is 10.2 Å². The van der Waals surface area contributed by atoms with Crippen LogP contribution in [0.5, 0.6) is 5.75 Å². The van der Waals surface area contributed by atoms with E-state index >= 15 is 0 Å². The van der Waals surface area contributed by atoms with Crippen LogP contribution in [0.1, 0.15) is 42.7 Å². The van der Waals surface area contributed by atoms with E-state index in [1.54, 1.807) is 6.07 Å². The average Bonchev–Trinajstić information content (AvgIpc) is 3.13. The van der Waals surface area contributed by atoms with Gasteiger partial charge in [-0.2, -0.15) is 0 Å². The van der Waals surface area contributed by atoms with E-state index in [2.05, 4.69) is 5.32 Å². The van der Waals surface area contributed by atoms with E-state index in [1.807, 2.05) is 17.0 Å². The van der Waals surface area contributed by atoms with Crippen LogP contribution in [-0.4, -0.2) is 41.5 Å². The number of phenols is 1. The molecule has 0 radical (unpaired) electrons. The van der Waals surface area contributed by atoms with Crippen molar-refractivity contribution in [2.75, 3.05) is 19.6 Å². The SMILES string of the molecule is O=C1CC2(CCN(C(=O)C3CCc4cccc(O)c43)CC2)CN1. The molecule has 0 aromatic heterocycles. The lowest BCUT2D eigenvalue weighted by atomic mass is 9.77. The number of hydrogen-bond acceptors (Lipinski definition) is 3. The van der Waals surface area contributed by atoms with E-state index < -0.39 is 0 Å². The van der Waals surface area contributed by atoms with Gasteiger partial charge >= 0.3 is 0 Å². The highest BCUT2D eigenvalue weighted by molar-refractivity contribution is 5.86. The maximum absolute atomic E-state index is 12.9. The number of likely N-dealkylation sites (tertiary alicyclic amines) is 1. The molecular formula is C18H22N2O3. The van der Waals surface area contributed by atoms with Crippen molar-refractivity contribution in [3.63, 3.8) is 0 Å². The van der Waals surface area contributed by atoms with Crippen LogP contribution >= 0.6 is 0 Å². The minimum Gasteiger partial charge on any atom is -0.508 e. The van der Waals surface area contributed by atoms with Gasteiger partial charge < -0.3 is 15.3 Å². The lowest BCUT2D eigenvalue weighted by Gasteiger charge is -2.39. The van der Waals surface area contributed by atoms with Crippen molar-refractivity contribution in [3.8, 4) is 5.75 Å². The molecule has 23 heavy (non-hydrogen) atoms. The molecule has 5 heteroatoms. The summed E-state index contributed by atoms with van der Waals surface area (Å²) in [4.78, 5) is 26.3. The summed E-state index contributed by atoms with van der Waals surface area (Å²) in [5.41, 5.74) is 1.99. The molecule has 2 N–H and O–H groups in total. The van der Waals surface area contributed by atoms with Crippen LogP contribution in [0.25, 0.3) is 0 Å². The predicted molar refractivity (Wildman–Crippen MR) is 85.0 cm³/mol. The minimum atomic E-state index is -0.205. The summed E-state index contributed by atoms with van der Waals surface area (Å²) >= 11 is 0. The molecule has 1 aromatic rings. The van der Waals surface area contributed by atoms with Crippen molar-refractivity contribution in [2.24, 2.45) is 5.41 Å². The Hall–Kier alpha value is -2.04. The van der Waals surface area contributed by atoms with E-state index in [1.165, 1.54) is 0 Å². The van der Waals surface area contributed by atoms with Gasteiger partial charge in [-0.25, -0.2) is 0 Å². The number of fused-ring (bicyclic) bond motifs is 1. The van der Waals surface area contributed by atoms with Gasteiger partial charge in [0.15, 0.2) is 0 Å². The molecular weight excluding hydrogens is 292 g/mol. The molecule has 2 fully saturated rings. The number of benzene rings is 1. The fraction of sp³-hybridized carbons (Fsp3) is 0.556. The molecule has 2 aliphatic heterocycles. The van der Waals surface area contributed by atoms with Gasteiger partial charge in [-0.1, -0.05) is 12.1 Å². The van der Waals surface area contributed by atoms with Gasteiger partial charge in [0.05, 0.1) is 5.92 Å². The van der Waals surface area contributed by atoms with Gasteiger partial charge in [0, 0.05) is 31.6 Å². The summed E-state index contributed by atoms with van der Waals surface area (Å²) in [5, 5.41) is 13.1. The number of piperidine rings is 1. The highest BCUT2D eigenvalue weighted by Gasteiger charge is 2.43. The molecule has 1 unspecified atom stereocenters. The van der Waals surface area contributed by atoms with Gasteiger partial charge in [0.1, 0.15) is 5.75 Å². The van der Waals surface area contributed by atoms with Gasteiger partial charge in [-0.15, -0.1) is 0 Å². The van der Waals surface area contributed by atoms with Crippen molar-refractivity contribution in [2.45, 2.75) is 38.0 Å². The Balaban J connectivity index is 1.47. The molecule has 2 saturated heterocycles. The molecule has 0 bridgehead atoms. The Morgan fingerprint density at radius 2 is 2.09 bits per heavy atom. The lowest BCUT2D eigenvalue weighted by Crippen LogP contribution is -2.45. The second-order valence-electron chi connectivity index (χ2n) is 7.22. The van der Waals surface area contributed by atoms with Crippen LogP contribution < -0.4 is 5.32 Å². The van der Waals surface area contributed by atoms with E-state index in [4.69, 9.17) is 0 Å². The number of hydrogen-bond donors (Lipinski definition) is 2. The molecule has 1 atom stereocenters. The van der Waals surface area contributed by atoms with E-state index in [-0.39, 0.29) is 28.9 Å². The van der Waals surface area contributed by atoms with Gasteiger partial charge in [-0.3, -0.25) is 9.59 Å². The first-order valence-corrected chi connectivity index (χ1v) is 8.44. The summed E-state index contributed by atoms with van der Waals surface area (Å²) in [5.74, 6) is 0.317. The van der Waals surface area contributed by atoms with Gasteiger partial charge in [0.2, 0.25) is 11.8 Å². The van der Waals surface area contributed by atoms with Crippen molar-refractivity contribution < 1.29 is 14.7 Å². The van der Waals surface area contributed by atoms with Crippen LogP contribution in [-0.2, 0) is 16.0 Å². The summed E-state index contributed by atoms with van der Waals surface area (Å²) < 4.78 is 0. The first-order valence-electron chi connectivity index (χ1n) is 8.44. The fourth-order valence-electron chi connectivity index (χ4n) is 4.44. The number of rotatable bonds is 1. The fourth-order valence-corrected chi connectivity index (χ4v) is 4.44. The molecule has 3 aliphatic rings. The minimum absolute atomic E-state index is 0.0591. The number of phenolic OH excluding ortho intramolecular Hbond substituents is 1. The van der Waals surface area contributed by atoms with E-state index in [9.17, 15) is 14.7 Å². The Morgan fingerprint density at radius 3 is 2.78 bits per heavy atom. The first kappa shape index (κ1) is 14.5. The van der Waals surface area contributed by atoms with Crippen molar-refractivity contribution >= 4 is 11.8 Å². The molecule has 122 valence electrons. The van der Waals surface area contributed by atoms with Gasteiger partial charge in [-0.05, 0) is 42.7 Å². The quantitative estimate of drug-likeness (QED) is 0.826. The normalized spacial score (nSPS) is 25.5. The third kappa shape index (κ3) is 2.38. The first-order chi connectivity index (χ1) is 11.1. The topological polar surface area (TPSA) is 69.6 Å². The number of carbonyl (C=O) groups is 2. The van der Waals surface area contributed by atoms with Crippen LogP contribution in [0.3, 0.4) is 0 Å². The Labute approximate surface area is 135 Å². The molecule has 0 saturated carbocycles. The van der Waals surface area contributed by atoms with Gasteiger partial charge in [0.25, 0.3) is 0 Å². The summed E-state index contributed by atoms with van der Waals surface area (Å²) in [6, 6.07) is 5.52. The largest absolute Gasteiger partial charge is 0.508 e. The zero-order valence-electron chi connectivity index (χ0n) is 13.2. The zero-order valence-corrected chi connectivity index (χ0v) is 13.2. The molecule has 2 amide bonds. The average molecular weight is 314 g/mol. The number of nitrogens with zero attached hydrogens (tertiary/aromatic N) is 1. The second-order valence-corrected chi connectivity index (χ2v) is 7.22. The maximum Gasteiger partial charge on any atom is 0.230 e. The van der Waals surface area contributed by atoms with Crippen LogP contribution in [0, 0.1) is 5.41 Å². The molecule has 1 spiro atoms. The zero-order chi connectivity index (χ0) is 16.0. The standard InChI is InChI=1S/C18H22N2O3/c21-14-3-1-2-12-4-5-13(16(12)14)17(23)20-8-6-18(7-9-20)10-15(22)19-11-18/h1-3,13,21H,4-11H2,(H,19,22). The highest BCUT2D eigenvalue weighted by atomic mass is 16.3. The van der Waals surface area contributed by atoms with Crippen molar-refractivity contribution in [1.29, 1.82) is 0 Å². The summed E-state index contributed by atoms with van der Waals surface area (Å²) in [6.07, 6.45) is 4.02. The molecule has 2 heterocycles. The van der Waals surface area contributed by atoms with Crippen LogP contribution in [0.4, 0.5) is 0 Å². The predicted octanol–water partition coefficient (Wildman–Crippen LogP) is 1.55. The number of aryl methyl sites for hydroxylation is 1. The third-order valence-corrected chi connectivity index (χ3v) is 5.85. The second kappa shape index (κ2) is 5.25. The third-order valence-electron chi connectivity index (χ3n) is 5.85. The smallest absolute Gasteiger partial charge is 0.230 e. The summed E-state index contributed by atoms with van der Waals surface area (Å²) in [7, 11) is 0. The number of aromatic hydroxyl groups is 1. The maximum atomic E-state index is 12.9. The lowest BCUT2D eigenvalue weighted by molar-refractivity contribution is -0.135. The van der Waals surface area contributed by atoms with E-state index in [0.29, 0.717) is 19.5 Å². The highest BCUT2D eigenvalue weighted by Crippen LogP contribution is 2.42. The van der Waals surface area contributed by atoms with Crippen molar-refractivity contribution in [3.05, 3.63) is 29.3 Å². The Kier molecular flexibility index (Phi) is 3.32.